The van der Waals surface area contributed by atoms with Crippen molar-refractivity contribution in [3.63, 3.8) is 0 Å². The van der Waals surface area contributed by atoms with Crippen LogP contribution in [0.3, 0.4) is 0 Å². The Morgan fingerprint density at radius 1 is 0.939 bits per heavy atom. The van der Waals surface area contributed by atoms with Crippen molar-refractivity contribution < 1.29 is 4.74 Å². The fourth-order valence-corrected chi connectivity index (χ4v) is 4.19. The fraction of sp³-hybridized carbons (Fsp3) is 0.222. The van der Waals surface area contributed by atoms with Gasteiger partial charge in [-0.3, -0.25) is 9.88 Å². The van der Waals surface area contributed by atoms with Crippen molar-refractivity contribution >= 4 is 5.82 Å². The van der Waals surface area contributed by atoms with Crippen LogP contribution in [0.15, 0.2) is 79.0 Å². The van der Waals surface area contributed by atoms with Crippen LogP contribution >= 0.6 is 0 Å². The number of hydrogen-bond donors (Lipinski definition) is 1. The van der Waals surface area contributed by atoms with Crippen LogP contribution in [0.5, 0.6) is 5.75 Å². The lowest BCUT2D eigenvalue weighted by Crippen LogP contribution is -2.32. The van der Waals surface area contributed by atoms with Gasteiger partial charge in [-0.15, -0.1) is 0 Å². The minimum Gasteiger partial charge on any atom is -0.497 e. The van der Waals surface area contributed by atoms with Gasteiger partial charge in [0.2, 0.25) is 0 Å². The molecule has 2 aromatic heterocycles. The number of fused-ring (bicyclic) bond motifs is 1. The Morgan fingerprint density at radius 2 is 1.79 bits per heavy atom. The van der Waals surface area contributed by atoms with Crippen LogP contribution < -0.4 is 10.1 Å². The first kappa shape index (κ1) is 21.1. The van der Waals surface area contributed by atoms with Gasteiger partial charge in [-0.1, -0.05) is 48.5 Å². The molecule has 4 aromatic rings. The monoisotopic (exact) mass is 437 g/mol. The normalized spacial score (nSPS) is 13.4. The molecule has 166 valence electrons. The fourth-order valence-electron chi connectivity index (χ4n) is 4.19. The van der Waals surface area contributed by atoms with Gasteiger partial charge in [-0.25, -0.2) is 9.97 Å². The Bertz CT molecular complexity index is 1210. The second-order valence-corrected chi connectivity index (χ2v) is 8.19. The highest BCUT2D eigenvalue weighted by Crippen LogP contribution is 2.28. The van der Waals surface area contributed by atoms with Gasteiger partial charge in [0.05, 0.1) is 12.8 Å². The maximum absolute atomic E-state index is 5.37. The smallest absolute Gasteiger partial charge is 0.180 e. The zero-order valence-electron chi connectivity index (χ0n) is 18.7. The van der Waals surface area contributed by atoms with Gasteiger partial charge in [-0.05, 0) is 41.8 Å². The highest BCUT2D eigenvalue weighted by molar-refractivity contribution is 5.57. The summed E-state index contributed by atoms with van der Waals surface area (Å²) in [6.45, 7) is 3.34. The van der Waals surface area contributed by atoms with Crippen molar-refractivity contribution in [1.82, 2.24) is 19.9 Å². The Hall–Kier alpha value is -3.77. The average Bonchev–Trinajstić information content (AvgIpc) is 2.88. The zero-order chi connectivity index (χ0) is 22.5. The number of rotatable bonds is 7. The second kappa shape index (κ2) is 9.79. The number of ether oxygens (including phenoxy) is 1. The first-order chi connectivity index (χ1) is 16.3. The standard InChI is InChI=1S/C27H27N5O/c1-33-22-11-7-10-21(16-22)17-29-26-23-13-15-32(18-20-8-3-2-4-9-20)19-25(23)30-27(31-26)24-12-5-6-14-28-24/h2-12,14,16H,13,15,17-19H2,1H3,(H,29,30,31). The molecular formula is C27H27N5O. The minimum absolute atomic E-state index is 0.657. The largest absolute Gasteiger partial charge is 0.497 e. The number of nitrogens with zero attached hydrogens (tertiary/aromatic N) is 4. The van der Waals surface area contributed by atoms with E-state index in [9.17, 15) is 0 Å². The molecule has 33 heavy (non-hydrogen) atoms. The van der Waals surface area contributed by atoms with Crippen LogP contribution in [0.2, 0.25) is 0 Å². The molecule has 0 spiro atoms. The topological polar surface area (TPSA) is 63.2 Å². The first-order valence-corrected chi connectivity index (χ1v) is 11.2. The quantitative estimate of drug-likeness (QED) is 0.452. The average molecular weight is 438 g/mol. The van der Waals surface area contributed by atoms with E-state index in [1.54, 1.807) is 13.3 Å². The van der Waals surface area contributed by atoms with Crippen LogP contribution in [0.1, 0.15) is 22.4 Å². The molecule has 0 atom stereocenters. The third-order valence-corrected chi connectivity index (χ3v) is 5.88. The van der Waals surface area contributed by atoms with Crippen LogP contribution in [-0.4, -0.2) is 33.5 Å². The van der Waals surface area contributed by atoms with Gasteiger partial charge < -0.3 is 10.1 Å². The van der Waals surface area contributed by atoms with Crippen molar-refractivity contribution in [2.24, 2.45) is 0 Å². The Morgan fingerprint density at radius 3 is 2.61 bits per heavy atom. The molecule has 6 heteroatoms. The predicted molar refractivity (Wildman–Crippen MR) is 130 cm³/mol. The van der Waals surface area contributed by atoms with Crippen molar-refractivity contribution in [3.8, 4) is 17.3 Å². The summed E-state index contributed by atoms with van der Waals surface area (Å²) >= 11 is 0. The van der Waals surface area contributed by atoms with E-state index in [1.165, 1.54) is 11.1 Å². The Labute approximate surface area is 194 Å². The summed E-state index contributed by atoms with van der Waals surface area (Å²) in [4.78, 5) is 16.8. The van der Waals surface area contributed by atoms with Gasteiger partial charge in [0.25, 0.3) is 0 Å². The summed E-state index contributed by atoms with van der Waals surface area (Å²) in [6, 6.07) is 24.5. The molecule has 2 aromatic carbocycles. The highest BCUT2D eigenvalue weighted by Gasteiger charge is 2.23. The molecule has 0 unspecified atom stereocenters. The molecule has 0 aliphatic carbocycles. The number of benzene rings is 2. The van der Waals surface area contributed by atoms with Gasteiger partial charge in [0.15, 0.2) is 5.82 Å². The summed E-state index contributed by atoms with van der Waals surface area (Å²) in [5, 5.41) is 3.56. The molecule has 3 heterocycles. The van der Waals surface area contributed by atoms with Crippen molar-refractivity contribution in [1.29, 1.82) is 0 Å². The number of aromatic nitrogens is 3. The number of methoxy groups -OCH3 is 1. The number of nitrogens with one attached hydrogen (secondary N) is 1. The third kappa shape index (κ3) is 5.02. The van der Waals surface area contributed by atoms with Crippen LogP contribution in [0, 0.1) is 0 Å². The minimum atomic E-state index is 0.657. The van der Waals surface area contributed by atoms with Crippen molar-refractivity contribution in [3.05, 3.63) is 101 Å². The first-order valence-electron chi connectivity index (χ1n) is 11.2. The second-order valence-electron chi connectivity index (χ2n) is 8.19. The van der Waals surface area contributed by atoms with Gasteiger partial charge in [0, 0.05) is 37.9 Å². The molecule has 0 bridgehead atoms. The van der Waals surface area contributed by atoms with Crippen LogP contribution in [0.25, 0.3) is 11.5 Å². The van der Waals surface area contributed by atoms with Crippen LogP contribution in [-0.2, 0) is 26.1 Å². The van der Waals surface area contributed by atoms with Crippen LogP contribution in [0.4, 0.5) is 5.82 Å². The third-order valence-electron chi connectivity index (χ3n) is 5.88. The molecule has 6 nitrogen and oxygen atoms in total. The number of hydrogen-bond acceptors (Lipinski definition) is 6. The summed E-state index contributed by atoms with van der Waals surface area (Å²) in [5.74, 6) is 2.40. The molecule has 0 amide bonds. The molecule has 1 aliphatic rings. The van der Waals surface area contributed by atoms with E-state index < -0.39 is 0 Å². The number of anilines is 1. The summed E-state index contributed by atoms with van der Waals surface area (Å²) in [5.41, 5.74) is 5.51. The van der Waals surface area contributed by atoms with Crippen molar-refractivity contribution in [2.75, 3.05) is 19.0 Å². The molecule has 1 aliphatic heterocycles. The molecule has 0 saturated heterocycles. The maximum Gasteiger partial charge on any atom is 0.180 e. The van der Waals surface area contributed by atoms with Gasteiger partial charge in [0.1, 0.15) is 17.3 Å². The molecule has 0 radical (unpaired) electrons. The summed E-state index contributed by atoms with van der Waals surface area (Å²) in [7, 11) is 1.69. The Kier molecular flexibility index (Phi) is 6.26. The molecule has 0 fully saturated rings. The molecule has 1 N–H and O–H groups in total. The summed E-state index contributed by atoms with van der Waals surface area (Å²) < 4.78 is 5.37. The van der Waals surface area contributed by atoms with Gasteiger partial charge in [-0.2, -0.15) is 0 Å². The lowest BCUT2D eigenvalue weighted by atomic mass is 10.0. The maximum atomic E-state index is 5.37. The van der Waals surface area contributed by atoms with Crippen molar-refractivity contribution in [2.45, 2.75) is 26.1 Å². The lowest BCUT2D eigenvalue weighted by molar-refractivity contribution is 0.241. The molecule has 5 rings (SSSR count). The predicted octanol–water partition coefficient (Wildman–Crippen LogP) is 4.72. The molecule has 0 saturated carbocycles. The lowest BCUT2D eigenvalue weighted by Gasteiger charge is -2.29. The highest BCUT2D eigenvalue weighted by atomic mass is 16.5. The van der Waals surface area contributed by atoms with E-state index in [4.69, 9.17) is 14.7 Å². The zero-order valence-corrected chi connectivity index (χ0v) is 18.7. The molecular weight excluding hydrogens is 410 g/mol. The van der Waals surface area contributed by atoms with E-state index in [0.717, 1.165) is 54.6 Å². The number of pyridine rings is 1. The van der Waals surface area contributed by atoms with E-state index in [0.29, 0.717) is 12.4 Å². The summed E-state index contributed by atoms with van der Waals surface area (Å²) in [6.07, 6.45) is 2.69. The Balaban J connectivity index is 1.43. The van der Waals surface area contributed by atoms with Gasteiger partial charge >= 0.3 is 0 Å². The van der Waals surface area contributed by atoms with E-state index in [1.807, 2.05) is 36.4 Å². The van der Waals surface area contributed by atoms with E-state index in [-0.39, 0.29) is 0 Å². The van der Waals surface area contributed by atoms with E-state index in [2.05, 4.69) is 51.6 Å². The van der Waals surface area contributed by atoms with E-state index >= 15 is 0 Å². The SMILES string of the molecule is COc1cccc(CNc2nc(-c3ccccn3)nc3c2CCN(Cc2ccccc2)C3)c1.